The van der Waals surface area contributed by atoms with E-state index in [0.717, 1.165) is 16.9 Å². The molecule has 0 heterocycles. The number of hydrogen-bond donors (Lipinski definition) is 2. The fourth-order valence-corrected chi connectivity index (χ4v) is 3.16. The Bertz CT molecular complexity index is 820. The highest BCUT2D eigenvalue weighted by molar-refractivity contribution is 6.36. The molecule has 2 aromatic rings. The van der Waals surface area contributed by atoms with Gasteiger partial charge in [0.25, 0.3) is 5.91 Å². The second-order valence-electron chi connectivity index (χ2n) is 6.40. The highest BCUT2D eigenvalue weighted by Crippen LogP contribution is 2.22. The van der Waals surface area contributed by atoms with Crippen LogP contribution in [0.1, 0.15) is 34.3 Å². The summed E-state index contributed by atoms with van der Waals surface area (Å²) in [5.74, 6) is 0.494. The van der Waals surface area contributed by atoms with Crippen LogP contribution in [0.2, 0.25) is 10.0 Å². The predicted molar refractivity (Wildman–Crippen MR) is 112 cm³/mol. The van der Waals surface area contributed by atoms with E-state index in [-0.39, 0.29) is 16.8 Å². The zero-order valence-electron chi connectivity index (χ0n) is 16.0. The molecule has 0 spiro atoms. The largest absolute Gasteiger partial charge is 0.493 e. The summed E-state index contributed by atoms with van der Waals surface area (Å²) < 4.78 is 5.78. The summed E-state index contributed by atoms with van der Waals surface area (Å²) in [7, 11) is 0. The van der Waals surface area contributed by atoms with Crippen LogP contribution in [0.25, 0.3) is 0 Å². The molecule has 0 atom stereocenters. The third kappa shape index (κ3) is 6.73. The van der Waals surface area contributed by atoms with E-state index in [1.165, 1.54) is 6.07 Å². The highest BCUT2D eigenvalue weighted by Gasteiger charge is 2.10. The quantitative estimate of drug-likeness (QED) is 0.591. The molecule has 0 unspecified atom stereocenters. The number of halogens is 2. The lowest BCUT2D eigenvalue weighted by atomic mass is 10.1. The first-order chi connectivity index (χ1) is 13.4. The van der Waals surface area contributed by atoms with Gasteiger partial charge in [-0.2, -0.15) is 0 Å². The number of carbonyl (C=O) groups is 2. The topological polar surface area (TPSA) is 67.4 Å². The van der Waals surface area contributed by atoms with Crippen molar-refractivity contribution in [3.8, 4) is 5.75 Å². The van der Waals surface area contributed by atoms with Crippen LogP contribution in [0, 0.1) is 13.8 Å². The van der Waals surface area contributed by atoms with Gasteiger partial charge in [-0.05, 0) is 49.6 Å². The molecule has 7 heteroatoms. The Labute approximate surface area is 175 Å². The Morgan fingerprint density at radius 2 is 1.68 bits per heavy atom. The van der Waals surface area contributed by atoms with Crippen LogP contribution in [0.3, 0.4) is 0 Å². The first-order valence-electron chi connectivity index (χ1n) is 9.07. The van der Waals surface area contributed by atoms with E-state index in [4.69, 9.17) is 27.9 Å². The number of aryl methyl sites for hydroxylation is 2. The van der Waals surface area contributed by atoms with E-state index in [1.54, 1.807) is 12.1 Å². The van der Waals surface area contributed by atoms with E-state index < -0.39 is 0 Å². The van der Waals surface area contributed by atoms with E-state index in [1.807, 2.05) is 32.0 Å². The smallest absolute Gasteiger partial charge is 0.252 e. The monoisotopic (exact) mass is 422 g/mol. The number of rotatable bonds is 9. The molecule has 0 aliphatic carbocycles. The second kappa shape index (κ2) is 10.9. The van der Waals surface area contributed by atoms with Crippen LogP contribution in [0.15, 0.2) is 36.4 Å². The molecule has 0 fully saturated rings. The summed E-state index contributed by atoms with van der Waals surface area (Å²) in [5.41, 5.74) is 2.52. The maximum atomic E-state index is 12.1. The third-order valence-corrected chi connectivity index (χ3v) is 4.66. The Kier molecular flexibility index (Phi) is 8.61. The molecule has 0 saturated heterocycles. The number of hydrogen-bond acceptors (Lipinski definition) is 3. The summed E-state index contributed by atoms with van der Waals surface area (Å²) >= 11 is 11.8. The van der Waals surface area contributed by atoms with Gasteiger partial charge in [-0.3, -0.25) is 9.59 Å². The second-order valence-corrected chi connectivity index (χ2v) is 7.25. The van der Waals surface area contributed by atoms with Crippen LogP contribution >= 0.6 is 23.2 Å². The molecule has 2 aromatic carbocycles. The van der Waals surface area contributed by atoms with Gasteiger partial charge in [0.1, 0.15) is 5.75 Å². The van der Waals surface area contributed by atoms with Gasteiger partial charge in [-0.25, -0.2) is 0 Å². The van der Waals surface area contributed by atoms with Crippen molar-refractivity contribution < 1.29 is 14.3 Å². The summed E-state index contributed by atoms with van der Waals surface area (Å²) in [4.78, 5) is 23.9. The van der Waals surface area contributed by atoms with E-state index in [0.29, 0.717) is 43.1 Å². The summed E-state index contributed by atoms with van der Waals surface area (Å²) in [6.45, 7) is 5.13. The Balaban J connectivity index is 1.62. The van der Waals surface area contributed by atoms with Crippen LogP contribution in [-0.4, -0.2) is 31.5 Å². The molecule has 2 amide bonds. The van der Waals surface area contributed by atoms with Gasteiger partial charge in [0, 0.05) is 24.5 Å². The molecule has 2 rings (SSSR count). The average molecular weight is 423 g/mol. The number of nitrogens with one attached hydrogen (secondary N) is 2. The number of ether oxygens (including phenoxy) is 1. The minimum atomic E-state index is -0.307. The fourth-order valence-electron chi connectivity index (χ4n) is 2.67. The first kappa shape index (κ1) is 22.1. The maximum Gasteiger partial charge on any atom is 0.252 e. The van der Waals surface area contributed by atoms with Gasteiger partial charge >= 0.3 is 0 Å². The maximum absolute atomic E-state index is 12.1. The molecule has 0 radical (unpaired) electrons. The molecule has 150 valence electrons. The molecule has 0 saturated carbocycles. The predicted octanol–water partition coefficient (Wildman–Crippen LogP) is 4.32. The Hall–Kier alpha value is -2.24. The number of benzene rings is 2. The van der Waals surface area contributed by atoms with Gasteiger partial charge in [-0.1, -0.05) is 41.4 Å². The van der Waals surface area contributed by atoms with Crippen molar-refractivity contribution in [2.75, 3.05) is 19.7 Å². The molecular weight excluding hydrogens is 399 g/mol. The van der Waals surface area contributed by atoms with E-state index in [9.17, 15) is 9.59 Å². The molecular formula is C21H24Cl2N2O3. The minimum Gasteiger partial charge on any atom is -0.493 e. The van der Waals surface area contributed by atoms with Gasteiger partial charge in [-0.15, -0.1) is 0 Å². The lowest BCUT2D eigenvalue weighted by Crippen LogP contribution is -2.34. The molecule has 2 N–H and O–H groups in total. The molecule has 0 aromatic heterocycles. The van der Waals surface area contributed by atoms with Crippen molar-refractivity contribution in [3.63, 3.8) is 0 Å². The van der Waals surface area contributed by atoms with Crippen LogP contribution in [0.5, 0.6) is 5.75 Å². The standard InChI is InChI=1S/C21H24Cl2N2O3/c1-14-5-3-6-15(2)20(14)28-12-4-7-19(26)24-10-11-25-21(27)17-9-8-16(22)13-18(17)23/h3,5-6,8-9,13H,4,7,10-12H2,1-2H3,(H,24,26)(H,25,27). The Morgan fingerprint density at radius 3 is 2.36 bits per heavy atom. The lowest BCUT2D eigenvalue weighted by Gasteiger charge is -2.12. The normalized spacial score (nSPS) is 10.4. The molecule has 28 heavy (non-hydrogen) atoms. The summed E-state index contributed by atoms with van der Waals surface area (Å²) in [6, 6.07) is 10.7. The Morgan fingerprint density at radius 1 is 1.00 bits per heavy atom. The van der Waals surface area contributed by atoms with Crippen molar-refractivity contribution in [2.45, 2.75) is 26.7 Å². The summed E-state index contributed by atoms with van der Waals surface area (Å²) in [5, 5.41) is 6.24. The molecule has 0 aliphatic heterocycles. The SMILES string of the molecule is Cc1cccc(C)c1OCCCC(=O)NCCNC(=O)c1ccc(Cl)cc1Cl. The van der Waals surface area contributed by atoms with E-state index in [2.05, 4.69) is 10.6 Å². The van der Waals surface area contributed by atoms with Crippen LogP contribution in [0.4, 0.5) is 0 Å². The van der Waals surface area contributed by atoms with Gasteiger partial charge < -0.3 is 15.4 Å². The fraction of sp³-hybridized carbons (Fsp3) is 0.333. The van der Waals surface area contributed by atoms with E-state index >= 15 is 0 Å². The third-order valence-electron chi connectivity index (χ3n) is 4.11. The number of amides is 2. The minimum absolute atomic E-state index is 0.0797. The number of para-hydroxylation sites is 1. The average Bonchev–Trinajstić information content (AvgIpc) is 2.64. The van der Waals surface area contributed by atoms with Crippen LogP contribution < -0.4 is 15.4 Å². The molecule has 0 aliphatic rings. The lowest BCUT2D eigenvalue weighted by molar-refractivity contribution is -0.121. The van der Waals surface area contributed by atoms with Crippen molar-refractivity contribution in [1.82, 2.24) is 10.6 Å². The zero-order valence-corrected chi connectivity index (χ0v) is 17.5. The number of carbonyl (C=O) groups excluding carboxylic acids is 2. The van der Waals surface area contributed by atoms with Crippen molar-refractivity contribution in [1.29, 1.82) is 0 Å². The summed E-state index contributed by atoms with van der Waals surface area (Å²) in [6.07, 6.45) is 0.980. The zero-order chi connectivity index (χ0) is 20.5. The van der Waals surface area contributed by atoms with Gasteiger partial charge in [0.05, 0.1) is 17.2 Å². The van der Waals surface area contributed by atoms with Crippen molar-refractivity contribution in [3.05, 3.63) is 63.1 Å². The van der Waals surface area contributed by atoms with Crippen molar-refractivity contribution >= 4 is 35.0 Å². The van der Waals surface area contributed by atoms with Crippen LogP contribution in [-0.2, 0) is 4.79 Å². The molecule has 5 nitrogen and oxygen atoms in total. The first-order valence-corrected chi connectivity index (χ1v) is 9.83. The highest BCUT2D eigenvalue weighted by atomic mass is 35.5. The van der Waals surface area contributed by atoms with Gasteiger partial charge in [0.15, 0.2) is 0 Å². The van der Waals surface area contributed by atoms with Gasteiger partial charge in [0.2, 0.25) is 5.91 Å². The molecule has 0 bridgehead atoms. The van der Waals surface area contributed by atoms with Crippen molar-refractivity contribution in [2.24, 2.45) is 0 Å².